The molecule has 0 radical (unpaired) electrons. The van der Waals surface area contributed by atoms with Crippen molar-refractivity contribution in [3.63, 3.8) is 0 Å². The molecule has 0 atom stereocenters. The van der Waals surface area contributed by atoms with E-state index < -0.39 is 5.97 Å². The van der Waals surface area contributed by atoms with Crippen LogP contribution >= 0.6 is 11.8 Å². The fourth-order valence-corrected chi connectivity index (χ4v) is 1.27. The molecule has 0 aliphatic rings. The van der Waals surface area contributed by atoms with Crippen molar-refractivity contribution in [2.75, 3.05) is 18.6 Å². The smallest absolute Gasteiger partial charge is 0.338 e. The molecular weight excluding hydrogens is 215 g/mol. The lowest BCUT2D eigenvalue weighted by molar-refractivity contribution is 0.0530. The molecule has 15 heavy (non-hydrogen) atoms. The number of carbonyl (C=O) groups is 1. The third kappa shape index (κ3) is 3.55. The van der Waals surface area contributed by atoms with Crippen molar-refractivity contribution in [3.8, 4) is 0 Å². The first-order valence-electron chi connectivity index (χ1n) is 4.57. The van der Waals surface area contributed by atoms with Gasteiger partial charge in [0.25, 0.3) is 0 Å². The number of aryl methyl sites for hydroxylation is 1. The monoisotopic (exact) mass is 228 g/mol. The molecule has 0 heterocycles. The maximum Gasteiger partial charge on any atom is 0.338 e. The van der Waals surface area contributed by atoms with Crippen molar-refractivity contribution < 1.29 is 13.9 Å². The van der Waals surface area contributed by atoms with Gasteiger partial charge in [-0.05, 0) is 30.9 Å². The number of rotatable bonds is 4. The van der Waals surface area contributed by atoms with Crippen LogP contribution in [-0.2, 0) is 4.74 Å². The summed E-state index contributed by atoms with van der Waals surface area (Å²) in [5.41, 5.74) is 0.787. The lowest BCUT2D eigenvalue weighted by Crippen LogP contribution is -2.08. The number of ether oxygens (including phenoxy) is 1. The molecule has 0 unspecified atom stereocenters. The number of thioether (sulfide) groups is 1. The highest BCUT2D eigenvalue weighted by Gasteiger charge is 2.08. The van der Waals surface area contributed by atoms with E-state index in [1.165, 1.54) is 6.07 Å². The SMILES string of the molecule is CSCCOC(=O)c1ccc(C)c(F)c1. The highest BCUT2D eigenvalue weighted by molar-refractivity contribution is 7.98. The summed E-state index contributed by atoms with van der Waals surface area (Å²) in [6.07, 6.45) is 1.93. The Bertz CT molecular complexity index is 352. The van der Waals surface area contributed by atoms with Crippen LogP contribution in [0.2, 0.25) is 0 Å². The zero-order valence-electron chi connectivity index (χ0n) is 8.75. The Morgan fingerprint density at radius 3 is 2.87 bits per heavy atom. The quantitative estimate of drug-likeness (QED) is 0.585. The number of hydrogen-bond donors (Lipinski definition) is 0. The van der Waals surface area contributed by atoms with Crippen LogP contribution < -0.4 is 0 Å². The van der Waals surface area contributed by atoms with E-state index in [1.807, 2.05) is 6.26 Å². The molecule has 0 spiro atoms. The number of benzene rings is 1. The van der Waals surface area contributed by atoms with Crippen LogP contribution in [0.25, 0.3) is 0 Å². The van der Waals surface area contributed by atoms with Crippen molar-refractivity contribution in [1.29, 1.82) is 0 Å². The third-order valence-electron chi connectivity index (χ3n) is 1.93. The normalized spacial score (nSPS) is 10.1. The average Bonchev–Trinajstić information content (AvgIpc) is 2.22. The van der Waals surface area contributed by atoms with Gasteiger partial charge in [0.2, 0.25) is 0 Å². The van der Waals surface area contributed by atoms with Crippen molar-refractivity contribution in [2.45, 2.75) is 6.92 Å². The van der Waals surface area contributed by atoms with Crippen molar-refractivity contribution >= 4 is 17.7 Å². The Hall–Kier alpha value is -1.03. The first-order chi connectivity index (χ1) is 7.15. The first-order valence-corrected chi connectivity index (χ1v) is 5.96. The third-order valence-corrected chi connectivity index (χ3v) is 2.50. The fraction of sp³-hybridized carbons (Fsp3) is 0.364. The summed E-state index contributed by atoms with van der Waals surface area (Å²) < 4.78 is 18.1. The molecular formula is C11H13FO2S. The van der Waals surface area contributed by atoms with Gasteiger partial charge in [0.15, 0.2) is 0 Å². The van der Waals surface area contributed by atoms with E-state index >= 15 is 0 Å². The summed E-state index contributed by atoms with van der Waals surface area (Å²) in [6.45, 7) is 2.01. The Labute approximate surface area is 92.8 Å². The van der Waals surface area contributed by atoms with E-state index in [4.69, 9.17) is 4.74 Å². The molecule has 0 N–H and O–H groups in total. The number of carbonyl (C=O) groups excluding carboxylic acids is 1. The molecule has 0 amide bonds. The molecule has 0 bridgehead atoms. The number of hydrogen-bond acceptors (Lipinski definition) is 3. The van der Waals surface area contributed by atoms with Crippen molar-refractivity contribution in [3.05, 3.63) is 35.1 Å². The van der Waals surface area contributed by atoms with Gasteiger partial charge in [0.05, 0.1) is 5.56 Å². The topological polar surface area (TPSA) is 26.3 Å². The first kappa shape index (κ1) is 12.0. The van der Waals surface area contributed by atoms with Gasteiger partial charge < -0.3 is 4.74 Å². The summed E-state index contributed by atoms with van der Waals surface area (Å²) >= 11 is 1.59. The maximum atomic E-state index is 13.1. The minimum atomic E-state index is -0.469. The van der Waals surface area contributed by atoms with Gasteiger partial charge in [-0.3, -0.25) is 0 Å². The van der Waals surface area contributed by atoms with E-state index in [1.54, 1.807) is 30.8 Å². The zero-order valence-corrected chi connectivity index (χ0v) is 9.57. The van der Waals surface area contributed by atoms with Crippen molar-refractivity contribution in [1.82, 2.24) is 0 Å². The molecule has 4 heteroatoms. The van der Waals surface area contributed by atoms with Gasteiger partial charge in [-0.15, -0.1) is 0 Å². The highest BCUT2D eigenvalue weighted by Crippen LogP contribution is 2.10. The van der Waals surface area contributed by atoms with Gasteiger partial charge in [0.1, 0.15) is 12.4 Å². The molecule has 0 aliphatic carbocycles. The van der Waals surface area contributed by atoms with Crippen LogP contribution in [0, 0.1) is 12.7 Å². The number of esters is 1. The maximum absolute atomic E-state index is 13.1. The molecule has 1 aromatic carbocycles. The molecule has 0 aromatic heterocycles. The number of halogens is 1. The molecule has 1 aromatic rings. The van der Waals surface area contributed by atoms with E-state index in [-0.39, 0.29) is 11.4 Å². The second-order valence-electron chi connectivity index (χ2n) is 3.09. The zero-order chi connectivity index (χ0) is 11.3. The molecule has 1 rings (SSSR count). The standard InChI is InChI=1S/C11H13FO2S/c1-8-3-4-9(7-10(8)12)11(13)14-5-6-15-2/h3-4,7H,5-6H2,1-2H3. The van der Waals surface area contributed by atoms with Gasteiger partial charge in [0, 0.05) is 5.75 Å². The fourth-order valence-electron chi connectivity index (χ4n) is 1.02. The van der Waals surface area contributed by atoms with Crippen LogP contribution in [0.1, 0.15) is 15.9 Å². The highest BCUT2D eigenvalue weighted by atomic mass is 32.2. The average molecular weight is 228 g/mol. The molecule has 2 nitrogen and oxygen atoms in total. The second-order valence-corrected chi connectivity index (χ2v) is 4.08. The van der Waals surface area contributed by atoms with E-state index in [2.05, 4.69) is 0 Å². The predicted octanol–water partition coefficient (Wildman–Crippen LogP) is 2.65. The van der Waals surface area contributed by atoms with E-state index in [0.717, 1.165) is 5.75 Å². The van der Waals surface area contributed by atoms with Crippen molar-refractivity contribution in [2.24, 2.45) is 0 Å². The molecule has 82 valence electrons. The lowest BCUT2D eigenvalue weighted by atomic mass is 10.1. The minimum absolute atomic E-state index is 0.263. The van der Waals surface area contributed by atoms with Crippen LogP contribution in [0.4, 0.5) is 4.39 Å². The molecule has 0 aliphatic heterocycles. The molecule has 0 saturated carbocycles. The van der Waals surface area contributed by atoms with E-state index in [0.29, 0.717) is 12.2 Å². The van der Waals surface area contributed by atoms with Crippen LogP contribution in [0.3, 0.4) is 0 Å². The van der Waals surface area contributed by atoms with E-state index in [9.17, 15) is 9.18 Å². The predicted molar refractivity (Wildman–Crippen MR) is 59.8 cm³/mol. The summed E-state index contributed by atoms with van der Waals surface area (Å²) in [4.78, 5) is 11.4. The lowest BCUT2D eigenvalue weighted by Gasteiger charge is -2.04. The van der Waals surface area contributed by atoms with Gasteiger partial charge in [-0.1, -0.05) is 6.07 Å². The minimum Gasteiger partial charge on any atom is -0.461 e. The van der Waals surface area contributed by atoms with Crippen LogP contribution in [0.15, 0.2) is 18.2 Å². The molecule has 0 fully saturated rings. The summed E-state index contributed by atoms with van der Waals surface area (Å²) in [5.74, 6) is -0.0997. The van der Waals surface area contributed by atoms with Gasteiger partial charge in [-0.25, -0.2) is 9.18 Å². The summed E-state index contributed by atoms with van der Waals surface area (Å²) in [6, 6.07) is 4.34. The Morgan fingerprint density at radius 1 is 1.53 bits per heavy atom. The molecule has 0 saturated heterocycles. The van der Waals surface area contributed by atoms with Crippen LogP contribution in [0.5, 0.6) is 0 Å². The Kier molecular flexibility index (Phi) is 4.62. The summed E-state index contributed by atoms with van der Waals surface area (Å²) in [5, 5.41) is 0. The summed E-state index contributed by atoms with van der Waals surface area (Å²) in [7, 11) is 0. The van der Waals surface area contributed by atoms with Crippen LogP contribution in [-0.4, -0.2) is 24.6 Å². The second kappa shape index (κ2) is 5.75. The Balaban J connectivity index is 2.62. The largest absolute Gasteiger partial charge is 0.461 e. The van der Waals surface area contributed by atoms with Gasteiger partial charge >= 0.3 is 5.97 Å². The Morgan fingerprint density at radius 2 is 2.27 bits per heavy atom. The van der Waals surface area contributed by atoms with Gasteiger partial charge in [-0.2, -0.15) is 11.8 Å².